The molecule has 0 aliphatic heterocycles. The molecule has 0 fully saturated rings. The van der Waals surface area contributed by atoms with Gasteiger partial charge in [0.1, 0.15) is 0 Å². The van der Waals surface area contributed by atoms with Crippen LogP contribution in [0.15, 0.2) is 0 Å². The van der Waals surface area contributed by atoms with Crippen LogP contribution in [0.25, 0.3) is 0 Å². The van der Waals surface area contributed by atoms with Crippen molar-refractivity contribution in [3.63, 3.8) is 0 Å². The van der Waals surface area contributed by atoms with Crippen molar-refractivity contribution in [3.05, 3.63) is 0 Å². The Labute approximate surface area is 81.7 Å². The molecule has 0 radical (unpaired) electrons. The lowest BCUT2D eigenvalue weighted by molar-refractivity contribution is -0.129. The zero-order valence-electron chi connectivity index (χ0n) is 9.34. The molecule has 0 aromatic carbocycles. The van der Waals surface area contributed by atoms with Crippen LogP contribution in [0.2, 0.25) is 0 Å². The number of hydrogen-bond acceptors (Lipinski definition) is 2. The zero-order chi connectivity index (χ0) is 10.3. The second kappa shape index (κ2) is 6.89. The molecule has 0 rings (SSSR count). The van der Waals surface area contributed by atoms with E-state index >= 15 is 0 Å². The van der Waals surface area contributed by atoms with Crippen LogP contribution in [-0.4, -0.2) is 49.4 Å². The van der Waals surface area contributed by atoms with Gasteiger partial charge in [-0.05, 0) is 20.0 Å². The molecule has 1 amide bonds. The number of carbonyl (C=O) groups excluding carboxylic acids is 1. The fraction of sp³-hybridized carbons (Fsp3) is 0.900. The minimum Gasteiger partial charge on any atom is -0.344 e. The van der Waals surface area contributed by atoms with Crippen LogP contribution in [0.3, 0.4) is 0 Å². The number of likely N-dealkylation sites (N-methyl/N-ethyl adjacent to an activating group) is 2. The molecule has 0 aliphatic rings. The Kier molecular flexibility index (Phi) is 6.59. The molecule has 0 saturated heterocycles. The number of nitrogens with zero attached hydrogens (tertiary/aromatic N) is 2. The van der Waals surface area contributed by atoms with Crippen LogP contribution in [0.1, 0.15) is 26.7 Å². The van der Waals surface area contributed by atoms with Gasteiger partial charge in [-0.3, -0.25) is 4.79 Å². The summed E-state index contributed by atoms with van der Waals surface area (Å²) in [6.07, 6.45) is 1.77. The lowest BCUT2D eigenvalue weighted by Gasteiger charge is -2.21. The van der Waals surface area contributed by atoms with Crippen molar-refractivity contribution >= 4 is 5.91 Å². The van der Waals surface area contributed by atoms with E-state index in [9.17, 15) is 4.79 Å². The molecule has 0 N–H and O–H groups in total. The normalized spacial score (nSPS) is 10.5. The molecule has 0 unspecified atom stereocenters. The van der Waals surface area contributed by atoms with Crippen LogP contribution < -0.4 is 0 Å². The summed E-state index contributed by atoms with van der Waals surface area (Å²) in [4.78, 5) is 15.2. The van der Waals surface area contributed by atoms with Crippen molar-refractivity contribution in [2.45, 2.75) is 26.7 Å². The summed E-state index contributed by atoms with van der Waals surface area (Å²) >= 11 is 0. The van der Waals surface area contributed by atoms with Gasteiger partial charge in [0.2, 0.25) is 5.91 Å². The third kappa shape index (κ3) is 5.64. The predicted octanol–water partition coefficient (Wildman–Crippen LogP) is 1.20. The standard InChI is InChI=1S/C10H22N2O/c1-5-7-11(3)8-9-12(4)10(13)6-2/h5-9H2,1-4H3. The minimum atomic E-state index is 0.227. The summed E-state index contributed by atoms with van der Waals surface area (Å²) in [5, 5.41) is 0. The Hall–Kier alpha value is -0.570. The third-order valence-corrected chi connectivity index (χ3v) is 2.15. The van der Waals surface area contributed by atoms with Crippen LogP contribution in [0.5, 0.6) is 0 Å². The maximum atomic E-state index is 11.2. The van der Waals surface area contributed by atoms with Gasteiger partial charge in [-0.25, -0.2) is 0 Å². The Balaban J connectivity index is 3.56. The van der Waals surface area contributed by atoms with E-state index in [0.29, 0.717) is 6.42 Å². The molecular formula is C10H22N2O. The van der Waals surface area contributed by atoms with Crippen molar-refractivity contribution in [2.75, 3.05) is 33.7 Å². The Morgan fingerprint density at radius 2 is 1.69 bits per heavy atom. The molecule has 3 heteroatoms. The maximum absolute atomic E-state index is 11.2. The highest BCUT2D eigenvalue weighted by Crippen LogP contribution is 1.92. The summed E-state index contributed by atoms with van der Waals surface area (Å²) in [5.74, 6) is 0.227. The zero-order valence-corrected chi connectivity index (χ0v) is 9.34. The topological polar surface area (TPSA) is 23.6 Å². The predicted molar refractivity (Wildman–Crippen MR) is 55.7 cm³/mol. The van der Waals surface area contributed by atoms with E-state index in [1.54, 1.807) is 4.90 Å². The SMILES string of the molecule is CCCN(C)CCN(C)C(=O)CC. The Morgan fingerprint density at radius 1 is 1.08 bits per heavy atom. The van der Waals surface area contributed by atoms with Gasteiger partial charge in [-0.15, -0.1) is 0 Å². The Morgan fingerprint density at radius 3 is 2.15 bits per heavy atom. The lowest BCUT2D eigenvalue weighted by atomic mass is 10.4. The van der Waals surface area contributed by atoms with E-state index in [4.69, 9.17) is 0 Å². The monoisotopic (exact) mass is 186 g/mol. The van der Waals surface area contributed by atoms with Gasteiger partial charge in [0.25, 0.3) is 0 Å². The van der Waals surface area contributed by atoms with E-state index in [1.807, 2.05) is 14.0 Å². The molecular weight excluding hydrogens is 164 g/mol. The molecule has 0 spiro atoms. The number of hydrogen-bond donors (Lipinski definition) is 0. The van der Waals surface area contributed by atoms with E-state index in [0.717, 1.165) is 19.6 Å². The van der Waals surface area contributed by atoms with E-state index < -0.39 is 0 Å². The van der Waals surface area contributed by atoms with E-state index in [1.165, 1.54) is 6.42 Å². The van der Waals surface area contributed by atoms with Crippen molar-refractivity contribution < 1.29 is 4.79 Å². The first-order valence-corrected chi connectivity index (χ1v) is 5.04. The first-order chi connectivity index (χ1) is 6.11. The van der Waals surface area contributed by atoms with Gasteiger partial charge in [-0.2, -0.15) is 0 Å². The fourth-order valence-electron chi connectivity index (χ4n) is 1.21. The average Bonchev–Trinajstić information content (AvgIpc) is 2.13. The van der Waals surface area contributed by atoms with Crippen LogP contribution in [0, 0.1) is 0 Å². The molecule has 0 heterocycles. The molecule has 0 aromatic rings. The van der Waals surface area contributed by atoms with Crippen LogP contribution in [-0.2, 0) is 4.79 Å². The molecule has 0 saturated carbocycles. The Bertz CT molecular complexity index is 148. The molecule has 78 valence electrons. The summed E-state index contributed by atoms with van der Waals surface area (Å²) < 4.78 is 0. The average molecular weight is 186 g/mol. The third-order valence-electron chi connectivity index (χ3n) is 2.15. The molecule has 0 aromatic heterocycles. The van der Waals surface area contributed by atoms with Gasteiger partial charge >= 0.3 is 0 Å². The molecule has 0 bridgehead atoms. The molecule has 13 heavy (non-hydrogen) atoms. The highest BCUT2D eigenvalue weighted by atomic mass is 16.2. The summed E-state index contributed by atoms with van der Waals surface area (Å²) in [7, 11) is 3.96. The minimum absolute atomic E-state index is 0.227. The largest absolute Gasteiger partial charge is 0.344 e. The van der Waals surface area contributed by atoms with Gasteiger partial charge in [0.15, 0.2) is 0 Å². The van der Waals surface area contributed by atoms with Gasteiger partial charge in [0.05, 0.1) is 0 Å². The second-order valence-corrected chi connectivity index (χ2v) is 3.47. The maximum Gasteiger partial charge on any atom is 0.222 e. The highest BCUT2D eigenvalue weighted by molar-refractivity contribution is 5.75. The van der Waals surface area contributed by atoms with Gasteiger partial charge < -0.3 is 9.80 Å². The highest BCUT2D eigenvalue weighted by Gasteiger charge is 2.05. The smallest absolute Gasteiger partial charge is 0.222 e. The number of carbonyl (C=O) groups is 1. The summed E-state index contributed by atoms with van der Waals surface area (Å²) in [5.41, 5.74) is 0. The van der Waals surface area contributed by atoms with Crippen LogP contribution in [0.4, 0.5) is 0 Å². The summed E-state index contributed by atoms with van der Waals surface area (Å²) in [6, 6.07) is 0. The quantitative estimate of drug-likeness (QED) is 0.622. The van der Waals surface area contributed by atoms with Gasteiger partial charge in [0, 0.05) is 26.6 Å². The van der Waals surface area contributed by atoms with Crippen molar-refractivity contribution in [1.82, 2.24) is 9.80 Å². The fourth-order valence-corrected chi connectivity index (χ4v) is 1.21. The number of amides is 1. The van der Waals surface area contributed by atoms with Crippen molar-refractivity contribution in [3.8, 4) is 0 Å². The second-order valence-electron chi connectivity index (χ2n) is 3.47. The molecule has 3 nitrogen and oxygen atoms in total. The lowest BCUT2D eigenvalue weighted by Crippen LogP contribution is -2.34. The first kappa shape index (κ1) is 12.4. The van der Waals surface area contributed by atoms with E-state index in [-0.39, 0.29) is 5.91 Å². The first-order valence-electron chi connectivity index (χ1n) is 5.04. The van der Waals surface area contributed by atoms with Crippen molar-refractivity contribution in [2.24, 2.45) is 0 Å². The number of rotatable bonds is 6. The van der Waals surface area contributed by atoms with Crippen LogP contribution >= 0.6 is 0 Å². The van der Waals surface area contributed by atoms with Crippen molar-refractivity contribution in [1.29, 1.82) is 0 Å². The van der Waals surface area contributed by atoms with E-state index in [2.05, 4.69) is 18.9 Å². The van der Waals surface area contributed by atoms with Gasteiger partial charge in [-0.1, -0.05) is 13.8 Å². The molecule has 0 aliphatic carbocycles. The summed E-state index contributed by atoms with van der Waals surface area (Å²) in [6.45, 7) is 6.97. The molecule has 0 atom stereocenters.